The molecule has 1 unspecified atom stereocenters. The third-order valence-corrected chi connectivity index (χ3v) is 5.41. The standard InChI is InChI=1S/C19H23ClFNO3S/c1-19(2,3)26(23)22-18(13-5-7-14(20)8-6-13)16-11-15(21)9-10-17(16)25-12-24-4/h5-11,18,22H,12H2,1-4H3/t18?,26-/m0/s1. The first-order valence-electron chi connectivity index (χ1n) is 8.07. The monoisotopic (exact) mass is 399 g/mol. The molecule has 0 aliphatic heterocycles. The lowest BCUT2D eigenvalue weighted by Gasteiger charge is -2.26. The van der Waals surface area contributed by atoms with Crippen LogP contribution in [0.15, 0.2) is 42.5 Å². The van der Waals surface area contributed by atoms with Crippen molar-refractivity contribution in [3.63, 3.8) is 0 Å². The van der Waals surface area contributed by atoms with E-state index in [1.54, 1.807) is 12.1 Å². The molecule has 0 saturated carbocycles. The van der Waals surface area contributed by atoms with E-state index in [0.717, 1.165) is 5.56 Å². The molecule has 0 radical (unpaired) electrons. The minimum atomic E-state index is -1.39. The molecule has 0 spiro atoms. The molecule has 7 heteroatoms. The van der Waals surface area contributed by atoms with Gasteiger partial charge in [-0.2, -0.15) is 0 Å². The van der Waals surface area contributed by atoms with Crippen LogP contribution in [0, 0.1) is 5.82 Å². The van der Waals surface area contributed by atoms with Gasteiger partial charge in [-0.15, -0.1) is 0 Å². The lowest BCUT2D eigenvalue weighted by atomic mass is 9.98. The molecule has 4 nitrogen and oxygen atoms in total. The summed E-state index contributed by atoms with van der Waals surface area (Å²) in [5, 5.41) is 0.583. The van der Waals surface area contributed by atoms with Crippen LogP contribution in [0.5, 0.6) is 5.75 Å². The van der Waals surface area contributed by atoms with Crippen molar-refractivity contribution in [3.05, 3.63) is 64.4 Å². The fourth-order valence-corrected chi connectivity index (χ4v) is 3.21. The topological polar surface area (TPSA) is 47.6 Å². The lowest BCUT2D eigenvalue weighted by molar-refractivity contribution is 0.0502. The molecule has 0 amide bonds. The zero-order valence-electron chi connectivity index (χ0n) is 15.2. The van der Waals surface area contributed by atoms with Crippen molar-refractivity contribution in [2.24, 2.45) is 0 Å². The van der Waals surface area contributed by atoms with Crippen LogP contribution in [0.3, 0.4) is 0 Å². The van der Waals surface area contributed by atoms with Gasteiger partial charge in [0.25, 0.3) is 0 Å². The van der Waals surface area contributed by atoms with Crippen molar-refractivity contribution in [2.45, 2.75) is 31.6 Å². The molecule has 0 saturated heterocycles. The quantitative estimate of drug-likeness (QED) is 0.692. The number of benzene rings is 2. The van der Waals surface area contributed by atoms with Gasteiger partial charge in [0.15, 0.2) is 6.79 Å². The Hall–Kier alpha value is -1.47. The van der Waals surface area contributed by atoms with E-state index in [0.29, 0.717) is 16.3 Å². The van der Waals surface area contributed by atoms with Crippen molar-refractivity contribution in [3.8, 4) is 5.75 Å². The van der Waals surface area contributed by atoms with E-state index in [-0.39, 0.29) is 6.79 Å². The maximum Gasteiger partial charge on any atom is 0.188 e. The molecule has 0 aliphatic rings. The average molecular weight is 400 g/mol. The van der Waals surface area contributed by atoms with Crippen molar-refractivity contribution >= 4 is 22.6 Å². The molecule has 0 aromatic heterocycles. The van der Waals surface area contributed by atoms with Gasteiger partial charge in [-0.1, -0.05) is 23.7 Å². The van der Waals surface area contributed by atoms with Crippen LogP contribution in [-0.2, 0) is 15.7 Å². The Balaban J connectivity index is 2.51. The summed E-state index contributed by atoms with van der Waals surface area (Å²) in [7, 11) is 0.120. The van der Waals surface area contributed by atoms with Crippen LogP contribution < -0.4 is 9.46 Å². The van der Waals surface area contributed by atoms with Gasteiger partial charge in [-0.25, -0.2) is 13.3 Å². The molecule has 2 atom stereocenters. The summed E-state index contributed by atoms with van der Waals surface area (Å²) in [6.07, 6.45) is 0. The third kappa shape index (κ3) is 5.51. The number of ether oxygens (including phenoxy) is 2. The van der Waals surface area contributed by atoms with Crippen LogP contribution >= 0.6 is 11.6 Å². The van der Waals surface area contributed by atoms with Gasteiger partial charge in [0.2, 0.25) is 0 Å². The van der Waals surface area contributed by atoms with Gasteiger partial charge in [0, 0.05) is 17.7 Å². The summed E-state index contributed by atoms with van der Waals surface area (Å²) in [6.45, 7) is 5.61. The van der Waals surface area contributed by atoms with E-state index < -0.39 is 27.6 Å². The third-order valence-electron chi connectivity index (χ3n) is 3.60. The molecule has 2 aromatic carbocycles. The lowest BCUT2D eigenvalue weighted by Crippen LogP contribution is -2.36. The second kappa shape index (κ2) is 8.95. The molecule has 2 aromatic rings. The van der Waals surface area contributed by atoms with Crippen LogP contribution in [0.4, 0.5) is 4.39 Å². The highest BCUT2D eigenvalue weighted by Crippen LogP contribution is 2.33. The van der Waals surface area contributed by atoms with Crippen molar-refractivity contribution < 1.29 is 18.1 Å². The number of methoxy groups -OCH3 is 1. The summed E-state index contributed by atoms with van der Waals surface area (Å²) >= 11 is 5.98. The first-order valence-corrected chi connectivity index (χ1v) is 9.60. The zero-order chi connectivity index (χ0) is 19.3. The fraction of sp³-hybridized carbons (Fsp3) is 0.368. The number of hydrogen-bond donors (Lipinski definition) is 1. The fourth-order valence-electron chi connectivity index (χ4n) is 2.25. The van der Waals surface area contributed by atoms with Gasteiger partial charge in [0.05, 0.1) is 21.8 Å². The highest BCUT2D eigenvalue weighted by atomic mass is 35.5. The van der Waals surface area contributed by atoms with Gasteiger partial charge >= 0.3 is 0 Å². The van der Waals surface area contributed by atoms with E-state index in [2.05, 4.69) is 4.72 Å². The number of nitrogens with one attached hydrogen (secondary N) is 1. The van der Waals surface area contributed by atoms with Crippen LogP contribution in [0.2, 0.25) is 5.02 Å². The summed E-state index contributed by atoms with van der Waals surface area (Å²) < 4.78 is 39.8. The first-order chi connectivity index (χ1) is 12.2. The predicted octanol–water partition coefficient (Wildman–Crippen LogP) is 4.60. The number of hydrogen-bond acceptors (Lipinski definition) is 3. The van der Waals surface area contributed by atoms with Crippen LogP contribution in [0.25, 0.3) is 0 Å². The average Bonchev–Trinajstić information content (AvgIpc) is 2.58. The van der Waals surface area contributed by atoms with E-state index in [9.17, 15) is 8.60 Å². The minimum absolute atomic E-state index is 0.0222. The highest BCUT2D eigenvalue weighted by Gasteiger charge is 2.27. The van der Waals surface area contributed by atoms with E-state index in [4.69, 9.17) is 21.1 Å². The van der Waals surface area contributed by atoms with Gasteiger partial charge in [-0.05, 0) is 56.7 Å². The number of halogens is 2. The second-order valence-electron chi connectivity index (χ2n) is 6.72. The second-order valence-corrected chi connectivity index (χ2v) is 9.15. The summed E-state index contributed by atoms with van der Waals surface area (Å²) in [5.41, 5.74) is 1.32. The van der Waals surface area contributed by atoms with Crippen LogP contribution in [0.1, 0.15) is 37.9 Å². The Labute approximate surface area is 161 Å². The van der Waals surface area contributed by atoms with E-state index in [1.807, 2.05) is 32.9 Å². The van der Waals surface area contributed by atoms with Gasteiger partial charge in [0.1, 0.15) is 11.6 Å². The SMILES string of the molecule is COCOc1ccc(F)cc1C(N[S@@](=O)C(C)(C)C)c1ccc(Cl)cc1. The summed E-state index contributed by atoms with van der Waals surface area (Å²) in [4.78, 5) is 0. The Morgan fingerprint density at radius 2 is 1.85 bits per heavy atom. The zero-order valence-corrected chi connectivity index (χ0v) is 16.8. The Kier molecular flexibility index (Phi) is 7.17. The van der Waals surface area contributed by atoms with Crippen molar-refractivity contribution in [1.29, 1.82) is 0 Å². The van der Waals surface area contributed by atoms with Crippen molar-refractivity contribution in [1.82, 2.24) is 4.72 Å². The maximum atomic E-state index is 14.0. The molecule has 1 N–H and O–H groups in total. The van der Waals surface area contributed by atoms with Gasteiger partial charge < -0.3 is 9.47 Å². The van der Waals surface area contributed by atoms with Gasteiger partial charge in [-0.3, -0.25) is 0 Å². The molecule has 0 aliphatic carbocycles. The first kappa shape index (κ1) is 20.8. The smallest absolute Gasteiger partial charge is 0.188 e. The van der Waals surface area contributed by atoms with E-state index in [1.165, 1.54) is 25.3 Å². The molecule has 2 rings (SSSR count). The normalized spacial score (nSPS) is 14.1. The molecular weight excluding hydrogens is 377 g/mol. The molecule has 0 bridgehead atoms. The summed E-state index contributed by atoms with van der Waals surface area (Å²) in [5.74, 6) is 0.0404. The molecule has 0 fully saturated rings. The Bertz CT molecular complexity index is 762. The van der Waals surface area contributed by atoms with Crippen molar-refractivity contribution in [2.75, 3.05) is 13.9 Å². The largest absolute Gasteiger partial charge is 0.467 e. The highest BCUT2D eigenvalue weighted by molar-refractivity contribution is 7.84. The Morgan fingerprint density at radius 1 is 1.19 bits per heavy atom. The predicted molar refractivity (Wildman–Crippen MR) is 103 cm³/mol. The maximum absolute atomic E-state index is 14.0. The molecule has 142 valence electrons. The molecular formula is C19H23ClFNO3S. The molecule has 26 heavy (non-hydrogen) atoms. The minimum Gasteiger partial charge on any atom is -0.467 e. The van der Waals surface area contributed by atoms with Crippen LogP contribution in [-0.4, -0.2) is 22.9 Å². The Morgan fingerprint density at radius 3 is 2.42 bits per heavy atom. The van der Waals surface area contributed by atoms with E-state index >= 15 is 0 Å². The molecule has 0 heterocycles. The summed E-state index contributed by atoms with van der Waals surface area (Å²) in [6, 6.07) is 10.8. The number of rotatable bonds is 7.